The Hall–Kier alpha value is -8.44. The molecule has 128 heavy (non-hydrogen) atoms. The molecule has 0 aromatic heterocycles. The van der Waals surface area contributed by atoms with Crippen LogP contribution in [0, 0.1) is 0 Å². The van der Waals surface area contributed by atoms with Gasteiger partial charge in [0.05, 0.1) is 51.3 Å². The summed E-state index contributed by atoms with van der Waals surface area (Å²) >= 11 is 19.1. The molecule has 0 saturated carbocycles. The summed E-state index contributed by atoms with van der Waals surface area (Å²) in [6.45, 7) is 0. The van der Waals surface area contributed by atoms with Crippen LogP contribution in [0.15, 0.2) is 498 Å². The molecule has 16 aromatic rings. The van der Waals surface area contributed by atoms with Crippen LogP contribution < -0.4 is 63.7 Å². The monoisotopic (exact) mass is 2270 g/mol. The SMILES string of the molecule is O=S1(=O)N=C([S-])c2ccccc21.O=S1(=O)N=C([S-])c2ccccc21.O=S1(=O)N=C([S-])c2ccccc21.O=S1(=O)N=C([S-])c2ccccc21.[Ag+].[Ag+].[Ag+].[Ag+].c1ccc([PH+](c2ccccc2)c2ccccc2)cc1.c1ccc([PH+](c2ccccc2)c2ccccc2)cc1.c1ccc([PH+](c2ccccc2)c2ccccc2)cc1.c1ccc([PH+](c2ccccc2)c2ccccc2)cc1. The third-order valence-corrected chi connectivity index (χ3v) is 37.1. The predicted molar refractivity (Wildman–Crippen MR) is 536 cm³/mol. The number of hydrogen-bond donors (Lipinski definition) is 0. The summed E-state index contributed by atoms with van der Waals surface area (Å²) in [6.07, 6.45) is 0. The summed E-state index contributed by atoms with van der Waals surface area (Å²) in [6, 6.07) is 156. The van der Waals surface area contributed by atoms with Crippen molar-refractivity contribution in [1.82, 2.24) is 0 Å². The molecule has 0 radical (unpaired) electrons. The zero-order valence-corrected chi connectivity index (χ0v) is 83.9. The minimum absolute atomic E-state index is 0. The second-order valence-electron chi connectivity index (χ2n) is 27.4. The molecule has 28 heteroatoms. The summed E-state index contributed by atoms with van der Waals surface area (Å²) in [7, 11) is -17.4. The molecule has 0 amide bonds. The van der Waals surface area contributed by atoms with E-state index in [1.165, 1.54) is 87.9 Å². The van der Waals surface area contributed by atoms with E-state index in [-0.39, 0.29) is 129 Å². The third-order valence-electron chi connectivity index (χ3n) is 19.1. The van der Waals surface area contributed by atoms with E-state index >= 15 is 0 Å². The van der Waals surface area contributed by atoms with Crippen LogP contribution in [0.3, 0.4) is 0 Å². The van der Waals surface area contributed by atoms with Crippen LogP contribution in [0.5, 0.6) is 0 Å². The summed E-state index contributed by atoms with van der Waals surface area (Å²) in [5, 5.41) is 17.9. The molecular weight excluding hydrogens is 2200 g/mol. The molecule has 0 spiro atoms. The Balaban J connectivity index is 0.000000166. The second kappa shape index (κ2) is 50.8. The van der Waals surface area contributed by atoms with E-state index in [0.717, 1.165) is 0 Å². The molecule has 0 fully saturated rings. The minimum Gasteiger partial charge on any atom is -0.759 e. The van der Waals surface area contributed by atoms with Gasteiger partial charge in [0.1, 0.15) is 63.7 Å². The largest absolute Gasteiger partial charge is 1.00 e. The second-order valence-corrected chi connectivity index (χ2v) is 45.1. The van der Waals surface area contributed by atoms with E-state index < -0.39 is 71.8 Å². The molecule has 0 bridgehead atoms. The van der Waals surface area contributed by atoms with E-state index in [1.807, 2.05) is 0 Å². The first-order chi connectivity index (χ1) is 60.2. The molecule has 0 unspecified atom stereocenters. The van der Waals surface area contributed by atoms with E-state index in [4.69, 9.17) is 50.5 Å². The van der Waals surface area contributed by atoms with Crippen molar-refractivity contribution in [1.29, 1.82) is 0 Å². The zero-order valence-electron chi connectivity index (χ0n) is 67.4. The van der Waals surface area contributed by atoms with Crippen molar-refractivity contribution in [3.05, 3.63) is 483 Å². The van der Waals surface area contributed by atoms with Crippen molar-refractivity contribution in [2.75, 3.05) is 0 Å². The van der Waals surface area contributed by atoms with Gasteiger partial charge in [-0.1, -0.05) is 311 Å². The summed E-state index contributed by atoms with van der Waals surface area (Å²) < 4.78 is 103. The molecule has 0 N–H and O–H groups in total. The number of nitrogens with zero attached hydrogens (tertiary/aromatic N) is 4. The van der Waals surface area contributed by atoms with Gasteiger partial charge in [0.25, 0.3) is 40.1 Å². The Morgan fingerprint density at radius 2 is 0.242 bits per heavy atom. The first kappa shape index (κ1) is 103. The zero-order chi connectivity index (χ0) is 86.7. The molecule has 4 aliphatic heterocycles. The van der Waals surface area contributed by atoms with Gasteiger partial charge in [0.15, 0.2) is 0 Å². The average Bonchev–Trinajstić information content (AvgIpc) is 1.66. The average molecular weight is 2280 g/mol. The van der Waals surface area contributed by atoms with Crippen molar-refractivity contribution < 1.29 is 123 Å². The first-order valence-electron chi connectivity index (χ1n) is 38.8. The van der Waals surface area contributed by atoms with Crippen molar-refractivity contribution in [3.63, 3.8) is 0 Å². The van der Waals surface area contributed by atoms with E-state index in [9.17, 15) is 33.7 Å². The van der Waals surface area contributed by atoms with E-state index in [0.29, 0.717) is 22.3 Å². The van der Waals surface area contributed by atoms with Crippen LogP contribution in [0.1, 0.15) is 22.3 Å². The Kier molecular flexibility index (Phi) is 41.0. The normalized spacial score (nSPS) is 13.2. The number of fused-ring (bicyclic) bond motifs is 4. The molecule has 20 rings (SSSR count). The predicted octanol–water partition coefficient (Wildman–Crippen LogP) is 15.4. The number of rotatable bonds is 12. The van der Waals surface area contributed by atoms with Gasteiger partial charge < -0.3 is 50.5 Å². The Bertz CT molecular complexity index is 5650. The van der Waals surface area contributed by atoms with Gasteiger partial charge in [0.2, 0.25) is 0 Å². The summed E-state index contributed by atoms with van der Waals surface area (Å²) in [5.41, 5.74) is 2.14. The van der Waals surface area contributed by atoms with Gasteiger partial charge in [-0.15, -0.1) is 0 Å². The molecule has 4 aliphatic rings. The fraction of sp³-hybridized carbons (Fsp3) is 0. The van der Waals surface area contributed by atoms with E-state index in [1.54, 1.807) is 72.8 Å². The van der Waals surface area contributed by atoms with Crippen molar-refractivity contribution >= 4 is 206 Å². The smallest absolute Gasteiger partial charge is 0.759 e. The van der Waals surface area contributed by atoms with Gasteiger partial charge in [-0.3, -0.25) is 0 Å². The van der Waals surface area contributed by atoms with Crippen molar-refractivity contribution in [2.45, 2.75) is 19.6 Å². The Labute approximate surface area is 840 Å². The van der Waals surface area contributed by atoms with Crippen LogP contribution in [0.2, 0.25) is 0 Å². The maximum atomic E-state index is 11.2. The minimum atomic E-state index is -3.47. The van der Waals surface area contributed by atoms with Gasteiger partial charge in [-0.2, -0.15) is 51.3 Å². The topological polar surface area (TPSA) is 186 Å². The van der Waals surface area contributed by atoms with Crippen LogP contribution >= 0.6 is 31.7 Å². The fourth-order valence-corrected chi connectivity index (χ4v) is 30.5. The van der Waals surface area contributed by atoms with Crippen LogP contribution in [0.4, 0.5) is 0 Å². The number of hydrogen-bond acceptors (Lipinski definition) is 12. The maximum Gasteiger partial charge on any atom is 1.00 e. The first-order valence-corrected chi connectivity index (χ1v) is 52.2. The van der Waals surface area contributed by atoms with Gasteiger partial charge in [-0.25, -0.2) is 0 Å². The summed E-state index contributed by atoms with van der Waals surface area (Å²) in [4.78, 5) is 0.870. The van der Waals surface area contributed by atoms with Gasteiger partial charge in [0, 0.05) is 0 Å². The van der Waals surface area contributed by atoms with Gasteiger partial charge in [-0.05, 0) is 192 Å². The summed E-state index contributed by atoms with van der Waals surface area (Å²) in [5.74, 6) is 0. The van der Waals surface area contributed by atoms with E-state index in [2.05, 4.69) is 382 Å². The standard InChI is InChI=1S/4C18H15P.4C7H5NO2S2.4Ag/c4*1-4-10-16(11-5-1)19(17-12-6-2-7-13-17)18-14-8-3-9-15-18;4*9-12(10)6-4-2-1-3-5(6)7(11)8-12;;;;/h4*1-15H;4*1-4H,(H,8,11);;;;/q;;;;;;;;4*+1. The Morgan fingerprint density at radius 1 is 0.148 bits per heavy atom. The fourth-order valence-electron chi connectivity index (χ4n) is 13.6. The number of benzene rings is 16. The van der Waals surface area contributed by atoms with Gasteiger partial charge >= 0.3 is 89.5 Å². The van der Waals surface area contributed by atoms with Crippen molar-refractivity contribution in [2.24, 2.45) is 17.6 Å². The third kappa shape index (κ3) is 27.8. The number of sulfonamides is 4. The molecule has 656 valence electrons. The Morgan fingerprint density at radius 3 is 0.344 bits per heavy atom. The van der Waals surface area contributed by atoms with Crippen LogP contribution in [-0.4, -0.2) is 53.8 Å². The molecule has 0 atom stereocenters. The molecule has 12 nitrogen and oxygen atoms in total. The van der Waals surface area contributed by atoms with Crippen LogP contribution in [-0.2, 0) is 180 Å². The molecule has 0 saturated heterocycles. The molecule has 4 heterocycles. The van der Waals surface area contributed by atoms with Crippen molar-refractivity contribution in [3.8, 4) is 0 Å². The molecule has 0 aliphatic carbocycles. The quantitative estimate of drug-likeness (QED) is 0.0641. The molecule has 16 aromatic carbocycles. The maximum absolute atomic E-state index is 11.2. The van der Waals surface area contributed by atoms with Crippen LogP contribution in [0.25, 0.3) is 0 Å². The molecular formula is C100H80Ag4N4O8P4S8+4.